The summed E-state index contributed by atoms with van der Waals surface area (Å²) in [7, 11) is 1.62. The second kappa shape index (κ2) is 4.94. The van der Waals surface area contributed by atoms with Gasteiger partial charge in [0.05, 0.1) is 6.61 Å². The third-order valence-electron chi connectivity index (χ3n) is 1.82. The number of hydrogen-bond acceptors (Lipinski definition) is 2. The molecule has 1 atom stereocenters. The molecule has 0 aromatic heterocycles. The minimum Gasteiger partial charge on any atom is -0.386 e. The van der Waals surface area contributed by atoms with Crippen molar-refractivity contribution < 1.29 is 14.2 Å². The molecule has 0 radical (unpaired) electrons. The van der Waals surface area contributed by atoms with Gasteiger partial charge in [-0.2, -0.15) is 0 Å². The van der Waals surface area contributed by atoms with Gasteiger partial charge in [0, 0.05) is 7.11 Å². The number of halogens is 1. The Bertz CT molecular complexity index is 246. The lowest BCUT2D eigenvalue weighted by Crippen LogP contribution is -1.99. The van der Waals surface area contributed by atoms with Crippen LogP contribution in [0.2, 0.25) is 0 Å². The number of aliphatic hydroxyl groups is 1. The maximum Gasteiger partial charge on any atom is 0.119 e. The fourth-order valence-electron chi connectivity index (χ4n) is 1.09. The highest BCUT2D eigenvalue weighted by Gasteiger charge is 2.05. The summed E-state index contributed by atoms with van der Waals surface area (Å²) in [4.78, 5) is 0. The summed E-state index contributed by atoms with van der Waals surface area (Å²) >= 11 is 0. The van der Waals surface area contributed by atoms with Crippen LogP contribution in [0.1, 0.15) is 17.2 Å². The molecule has 0 aliphatic heterocycles. The summed E-state index contributed by atoms with van der Waals surface area (Å²) in [5, 5.41) is 9.14. The molecule has 1 aromatic carbocycles. The highest BCUT2D eigenvalue weighted by atomic mass is 19.1. The van der Waals surface area contributed by atoms with Crippen LogP contribution in [0.15, 0.2) is 24.3 Å². The molecular weight excluding hydrogens is 171 g/mol. The van der Waals surface area contributed by atoms with E-state index in [0.29, 0.717) is 12.2 Å². The molecule has 0 fully saturated rings. The quantitative estimate of drug-likeness (QED) is 0.773. The van der Waals surface area contributed by atoms with Crippen LogP contribution in [0.5, 0.6) is 0 Å². The molecule has 1 rings (SSSR count). The average molecular weight is 184 g/mol. The van der Waals surface area contributed by atoms with E-state index in [1.807, 2.05) is 12.1 Å². The van der Waals surface area contributed by atoms with E-state index in [1.54, 1.807) is 19.2 Å². The Morgan fingerprint density at radius 2 is 2.00 bits per heavy atom. The summed E-state index contributed by atoms with van der Waals surface area (Å²) < 4.78 is 17.0. The van der Waals surface area contributed by atoms with Crippen molar-refractivity contribution in [2.45, 2.75) is 12.7 Å². The van der Waals surface area contributed by atoms with Gasteiger partial charge in [-0.1, -0.05) is 24.3 Å². The number of benzene rings is 1. The molecule has 0 saturated heterocycles. The van der Waals surface area contributed by atoms with Gasteiger partial charge in [-0.3, -0.25) is 0 Å². The maximum absolute atomic E-state index is 12.0. The molecule has 1 aromatic rings. The lowest BCUT2D eigenvalue weighted by atomic mass is 10.1. The Balaban J connectivity index is 2.69. The van der Waals surface area contributed by atoms with E-state index in [2.05, 4.69) is 0 Å². The van der Waals surface area contributed by atoms with Crippen LogP contribution in [0.3, 0.4) is 0 Å². The minimum absolute atomic E-state index is 0.534. The number of methoxy groups -OCH3 is 1. The zero-order chi connectivity index (χ0) is 9.68. The van der Waals surface area contributed by atoms with Gasteiger partial charge in [0.15, 0.2) is 0 Å². The van der Waals surface area contributed by atoms with Gasteiger partial charge < -0.3 is 9.84 Å². The number of aliphatic hydroxyl groups excluding tert-OH is 1. The second-order valence-electron chi connectivity index (χ2n) is 2.84. The first kappa shape index (κ1) is 10.2. The molecule has 1 N–H and O–H groups in total. The van der Waals surface area contributed by atoms with Crippen molar-refractivity contribution in [2.75, 3.05) is 13.8 Å². The Kier molecular flexibility index (Phi) is 3.86. The minimum atomic E-state index is -1.00. The zero-order valence-corrected chi connectivity index (χ0v) is 7.53. The Hall–Kier alpha value is -0.930. The van der Waals surface area contributed by atoms with Gasteiger partial charge in [0.25, 0.3) is 0 Å². The van der Waals surface area contributed by atoms with Crippen LogP contribution in [0, 0.1) is 0 Å². The molecule has 0 amide bonds. The van der Waals surface area contributed by atoms with Gasteiger partial charge >= 0.3 is 0 Å². The predicted octanol–water partition coefficient (Wildman–Crippen LogP) is 1.84. The maximum atomic E-state index is 12.0. The Labute approximate surface area is 77.0 Å². The lowest BCUT2D eigenvalue weighted by Gasteiger charge is -2.06. The molecule has 0 aliphatic carbocycles. The van der Waals surface area contributed by atoms with Crippen LogP contribution in [-0.4, -0.2) is 18.9 Å². The molecule has 0 bridgehead atoms. The average Bonchev–Trinajstić information content (AvgIpc) is 2.18. The SMILES string of the molecule is COCc1ccc(C(O)CF)cc1. The number of ether oxygens (including phenoxy) is 1. The number of alkyl halides is 1. The standard InChI is InChI=1S/C10H13FO2/c1-13-7-8-2-4-9(5-3-8)10(12)6-11/h2-5,10,12H,6-7H2,1H3. The fourth-order valence-corrected chi connectivity index (χ4v) is 1.09. The number of rotatable bonds is 4. The third kappa shape index (κ3) is 2.79. The van der Waals surface area contributed by atoms with Crippen molar-refractivity contribution in [3.63, 3.8) is 0 Å². The van der Waals surface area contributed by atoms with Crippen molar-refractivity contribution in [1.29, 1.82) is 0 Å². The van der Waals surface area contributed by atoms with Crippen molar-refractivity contribution in [3.8, 4) is 0 Å². The fraction of sp³-hybridized carbons (Fsp3) is 0.400. The van der Waals surface area contributed by atoms with Gasteiger partial charge in [-0.05, 0) is 11.1 Å². The monoisotopic (exact) mass is 184 g/mol. The van der Waals surface area contributed by atoms with Crippen LogP contribution in [-0.2, 0) is 11.3 Å². The molecule has 0 heterocycles. The van der Waals surface area contributed by atoms with E-state index >= 15 is 0 Å². The number of hydrogen-bond donors (Lipinski definition) is 1. The summed E-state index contributed by atoms with van der Waals surface area (Å²) in [6.45, 7) is -0.213. The molecule has 3 heteroatoms. The summed E-state index contributed by atoms with van der Waals surface area (Å²) in [6.07, 6.45) is -1.00. The van der Waals surface area contributed by atoms with Gasteiger partial charge in [-0.25, -0.2) is 4.39 Å². The molecule has 72 valence electrons. The predicted molar refractivity (Wildman–Crippen MR) is 48.1 cm³/mol. The van der Waals surface area contributed by atoms with Gasteiger partial charge in [-0.15, -0.1) is 0 Å². The van der Waals surface area contributed by atoms with Gasteiger partial charge in [0.2, 0.25) is 0 Å². The summed E-state index contributed by atoms with van der Waals surface area (Å²) in [5.41, 5.74) is 1.61. The normalized spacial score (nSPS) is 12.8. The molecule has 13 heavy (non-hydrogen) atoms. The lowest BCUT2D eigenvalue weighted by molar-refractivity contribution is 0.141. The topological polar surface area (TPSA) is 29.5 Å². The Morgan fingerprint density at radius 3 is 2.46 bits per heavy atom. The molecule has 0 aliphatic rings. The highest BCUT2D eigenvalue weighted by molar-refractivity contribution is 5.23. The molecule has 2 nitrogen and oxygen atoms in total. The van der Waals surface area contributed by atoms with E-state index in [4.69, 9.17) is 9.84 Å². The van der Waals surface area contributed by atoms with E-state index in [9.17, 15) is 4.39 Å². The molecule has 1 unspecified atom stereocenters. The van der Waals surface area contributed by atoms with Crippen molar-refractivity contribution in [2.24, 2.45) is 0 Å². The van der Waals surface area contributed by atoms with Crippen LogP contribution in [0.4, 0.5) is 4.39 Å². The first-order valence-corrected chi connectivity index (χ1v) is 4.09. The molecule has 0 spiro atoms. The van der Waals surface area contributed by atoms with Gasteiger partial charge in [0.1, 0.15) is 12.8 Å². The third-order valence-corrected chi connectivity index (χ3v) is 1.82. The highest BCUT2D eigenvalue weighted by Crippen LogP contribution is 2.14. The first-order chi connectivity index (χ1) is 6.27. The van der Waals surface area contributed by atoms with E-state index < -0.39 is 12.8 Å². The Morgan fingerprint density at radius 1 is 1.38 bits per heavy atom. The zero-order valence-electron chi connectivity index (χ0n) is 7.53. The summed E-state index contributed by atoms with van der Waals surface area (Å²) in [6, 6.07) is 7.05. The van der Waals surface area contributed by atoms with Crippen molar-refractivity contribution in [1.82, 2.24) is 0 Å². The van der Waals surface area contributed by atoms with E-state index in [0.717, 1.165) is 5.56 Å². The first-order valence-electron chi connectivity index (χ1n) is 4.09. The smallest absolute Gasteiger partial charge is 0.119 e. The molecule has 0 saturated carbocycles. The van der Waals surface area contributed by atoms with E-state index in [-0.39, 0.29) is 0 Å². The largest absolute Gasteiger partial charge is 0.386 e. The van der Waals surface area contributed by atoms with Crippen LogP contribution < -0.4 is 0 Å². The van der Waals surface area contributed by atoms with Crippen LogP contribution >= 0.6 is 0 Å². The molecular formula is C10H13FO2. The van der Waals surface area contributed by atoms with Crippen LogP contribution in [0.25, 0.3) is 0 Å². The van der Waals surface area contributed by atoms with Crippen molar-refractivity contribution >= 4 is 0 Å². The van der Waals surface area contributed by atoms with Crippen molar-refractivity contribution in [3.05, 3.63) is 35.4 Å². The second-order valence-corrected chi connectivity index (χ2v) is 2.84. The summed E-state index contributed by atoms with van der Waals surface area (Å²) in [5.74, 6) is 0. The van der Waals surface area contributed by atoms with E-state index in [1.165, 1.54) is 0 Å².